The van der Waals surface area contributed by atoms with Crippen LogP contribution >= 0.6 is 21.6 Å². The minimum absolute atomic E-state index is 0.314. The molecule has 0 saturated carbocycles. The summed E-state index contributed by atoms with van der Waals surface area (Å²) >= 11 is 0. The summed E-state index contributed by atoms with van der Waals surface area (Å²) in [5.41, 5.74) is -1.68. The van der Waals surface area contributed by atoms with E-state index in [1.54, 1.807) is 6.92 Å². The van der Waals surface area contributed by atoms with E-state index in [9.17, 15) is 19.8 Å². The maximum absolute atomic E-state index is 11.9. The van der Waals surface area contributed by atoms with Crippen LogP contribution in [0.15, 0.2) is 15.8 Å². The number of ether oxygens (including phenoxy) is 1. The molecule has 2 saturated heterocycles. The van der Waals surface area contributed by atoms with E-state index in [-0.39, 0.29) is 11.9 Å². The number of fused-ring (bicyclic) bond motifs is 2. The van der Waals surface area contributed by atoms with Crippen LogP contribution in [0.3, 0.4) is 0 Å². The molecule has 0 amide bonds. The lowest BCUT2D eigenvalue weighted by molar-refractivity contribution is -0.113. The summed E-state index contributed by atoms with van der Waals surface area (Å²) < 4.78 is 7.07. The normalized spacial score (nSPS) is 36.2. The second-order valence-corrected chi connectivity index (χ2v) is 7.52. The van der Waals surface area contributed by atoms with Gasteiger partial charge < -0.3 is 14.9 Å². The quantitative estimate of drug-likeness (QED) is 0.615. The zero-order valence-corrected chi connectivity index (χ0v) is 12.2. The molecule has 4 atom stereocenters. The predicted octanol–water partition coefficient (Wildman–Crippen LogP) is -0.771. The molecule has 0 spiro atoms. The predicted molar refractivity (Wildman–Crippen MR) is 75.8 cm³/mol. The molecule has 110 valence electrons. The Labute approximate surface area is 121 Å². The van der Waals surface area contributed by atoms with Gasteiger partial charge in [0.05, 0.1) is 11.9 Å². The van der Waals surface area contributed by atoms with Crippen LogP contribution in [0.4, 0.5) is 0 Å². The van der Waals surface area contributed by atoms with Gasteiger partial charge in [-0.3, -0.25) is 14.3 Å². The second-order valence-electron chi connectivity index (χ2n) is 4.98. The molecule has 9 heteroatoms. The number of nitrogens with zero attached hydrogens (tertiary/aromatic N) is 1. The maximum Gasteiger partial charge on any atom is 0.330 e. The van der Waals surface area contributed by atoms with Gasteiger partial charge in [-0.25, -0.2) is 4.79 Å². The van der Waals surface area contributed by atoms with Crippen LogP contribution < -0.4 is 11.2 Å². The number of aliphatic hydroxyl groups excluding tert-OH is 2. The molecule has 0 unspecified atom stereocenters. The number of aromatic nitrogens is 2. The van der Waals surface area contributed by atoms with Crippen molar-refractivity contribution in [3.63, 3.8) is 0 Å². The lowest BCUT2D eigenvalue weighted by atomic mass is 10.00. The number of hydrogen-bond acceptors (Lipinski definition) is 7. The zero-order valence-electron chi connectivity index (χ0n) is 10.6. The number of hydrogen-bond donors (Lipinski definition) is 3. The molecule has 1 aromatic rings. The summed E-state index contributed by atoms with van der Waals surface area (Å²) in [6.07, 6.45) is -0.140. The van der Waals surface area contributed by atoms with Gasteiger partial charge in [-0.05, 0) is 6.92 Å². The summed E-state index contributed by atoms with van der Waals surface area (Å²) in [5, 5.41) is 19.4. The molecule has 0 aromatic carbocycles. The Balaban J connectivity index is 2.06. The van der Waals surface area contributed by atoms with Crippen molar-refractivity contribution in [2.45, 2.75) is 30.1 Å². The molecule has 0 aliphatic carbocycles. The van der Waals surface area contributed by atoms with E-state index in [1.165, 1.54) is 32.4 Å². The molecular formula is C11H14N2O5S2. The Kier molecular flexibility index (Phi) is 3.49. The second kappa shape index (κ2) is 4.92. The van der Waals surface area contributed by atoms with Crippen LogP contribution in [0.25, 0.3) is 0 Å². The Bertz CT molecular complexity index is 644. The molecule has 1 aromatic heterocycles. The first-order valence-corrected chi connectivity index (χ1v) is 8.44. The average Bonchev–Trinajstić information content (AvgIpc) is 2.60. The van der Waals surface area contributed by atoms with Crippen molar-refractivity contribution in [3.8, 4) is 0 Å². The maximum atomic E-state index is 11.9. The van der Waals surface area contributed by atoms with Crippen LogP contribution in [0.5, 0.6) is 0 Å². The summed E-state index contributed by atoms with van der Waals surface area (Å²) in [7, 11) is 2.92. The van der Waals surface area contributed by atoms with E-state index in [1.807, 2.05) is 0 Å². The van der Waals surface area contributed by atoms with Gasteiger partial charge >= 0.3 is 5.69 Å². The number of nitrogens with one attached hydrogen (secondary N) is 1. The van der Waals surface area contributed by atoms with Crippen LogP contribution in [-0.2, 0) is 4.74 Å². The highest BCUT2D eigenvalue weighted by atomic mass is 33.1. The third kappa shape index (κ3) is 1.96. The van der Waals surface area contributed by atoms with Gasteiger partial charge in [0.15, 0.2) is 6.23 Å². The minimum atomic E-state index is -1.05. The van der Waals surface area contributed by atoms with Crippen molar-refractivity contribution in [1.82, 2.24) is 9.55 Å². The van der Waals surface area contributed by atoms with Crippen molar-refractivity contribution in [2.24, 2.45) is 0 Å². The molecule has 3 N–H and O–H groups in total. The Morgan fingerprint density at radius 3 is 3.00 bits per heavy atom. The van der Waals surface area contributed by atoms with Crippen molar-refractivity contribution < 1.29 is 14.9 Å². The fraction of sp³-hybridized carbons (Fsp3) is 0.636. The van der Waals surface area contributed by atoms with Gasteiger partial charge in [0.1, 0.15) is 11.7 Å². The molecular weight excluding hydrogens is 304 g/mol. The van der Waals surface area contributed by atoms with Gasteiger partial charge in [0, 0.05) is 17.5 Å². The lowest BCUT2D eigenvalue weighted by Crippen LogP contribution is -2.49. The van der Waals surface area contributed by atoms with Crippen LogP contribution in [0, 0.1) is 6.92 Å². The summed E-state index contributed by atoms with van der Waals surface area (Å²) in [6, 6.07) is 0. The molecule has 0 radical (unpaired) electrons. The van der Waals surface area contributed by atoms with Crippen molar-refractivity contribution in [2.75, 3.05) is 12.4 Å². The van der Waals surface area contributed by atoms with E-state index in [0.717, 1.165) is 0 Å². The number of aromatic amines is 1. The van der Waals surface area contributed by atoms with E-state index in [2.05, 4.69) is 4.98 Å². The zero-order chi connectivity index (χ0) is 14.5. The first-order chi connectivity index (χ1) is 9.48. The number of H-pyrrole nitrogens is 1. The SMILES string of the molecule is Cc1cn([C@@H]2O[C@@]3(CO)CSS[C@@H]2[C@@H]3O)c(=O)[nH]c1=O. The molecule has 7 nitrogen and oxygen atoms in total. The van der Waals surface area contributed by atoms with E-state index in [0.29, 0.717) is 11.3 Å². The molecule has 2 fully saturated rings. The molecule has 2 aliphatic rings. The van der Waals surface area contributed by atoms with E-state index >= 15 is 0 Å². The first kappa shape index (κ1) is 14.2. The summed E-state index contributed by atoms with van der Waals surface area (Å²) in [6.45, 7) is 1.28. The van der Waals surface area contributed by atoms with Crippen LogP contribution in [0.2, 0.25) is 0 Å². The van der Waals surface area contributed by atoms with Gasteiger partial charge in [-0.2, -0.15) is 0 Å². The topological polar surface area (TPSA) is 105 Å². The van der Waals surface area contributed by atoms with E-state index in [4.69, 9.17) is 4.74 Å². The molecule has 20 heavy (non-hydrogen) atoms. The van der Waals surface area contributed by atoms with Crippen molar-refractivity contribution in [3.05, 3.63) is 32.6 Å². The number of rotatable bonds is 2. The van der Waals surface area contributed by atoms with Crippen molar-refractivity contribution in [1.29, 1.82) is 0 Å². The monoisotopic (exact) mass is 318 g/mol. The fourth-order valence-corrected chi connectivity index (χ4v) is 5.70. The largest absolute Gasteiger partial charge is 0.393 e. The Morgan fingerprint density at radius 2 is 2.35 bits per heavy atom. The highest BCUT2D eigenvalue weighted by molar-refractivity contribution is 8.77. The number of aryl methyl sites for hydroxylation is 1. The summed E-state index contributed by atoms with van der Waals surface area (Å²) in [5.74, 6) is 0.444. The molecule has 3 heterocycles. The lowest BCUT2D eigenvalue weighted by Gasteiger charge is -2.32. The Morgan fingerprint density at radius 1 is 1.60 bits per heavy atom. The average molecular weight is 318 g/mol. The number of aliphatic hydroxyl groups is 2. The smallest absolute Gasteiger partial charge is 0.330 e. The van der Waals surface area contributed by atoms with Crippen molar-refractivity contribution >= 4 is 21.6 Å². The minimum Gasteiger partial charge on any atom is -0.393 e. The molecule has 2 bridgehead atoms. The highest BCUT2D eigenvalue weighted by Gasteiger charge is 2.58. The highest BCUT2D eigenvalue weighted by Crippen LogP contribution is 2.53. The van der Waals surface area contributed by atoms with Crippen LogP contribution in [0.1, 0.15) is 11.8 Å². The first-order valence-electron chi connectivity index (χ1n) is 6.05. The summed E-state index contributed by atoms with van der Waals surface area (Å²) in [4.78, 5) is 25.6. The van der Waals surface area contributed by atoms with Gasteiger partial charge in [0.2, 0.25) is 0 Å². The fourth-order valence-electron chi connectivity index (χ4n) is 2.43. The third-order valence-corrected chi connectivity index (χ3v) is 6.54. The Hall–Kier alpha value is -0.740. The van der Waals surface area contributed by atoms with Gasteiger partial charge in [-0.1, -0.05) is 21.6 Å². The van der Waals surface area contributed by atoms with Crippen LogP contribution in [-0.4, -0.2) is 49.1 Å². The van der Waals surface area contributed by atoms with Gasteiger partial charge in [-0.15, -0.1) is 0 Å². The molecule has 2 aliphatic heterocycles. The van der Waals surface area contributed by atoms with Gasteiger partial charge in [0.25, 0.3) is 5.56 Å². The van der Waals surface area contributed by atoms with E-state index < -0.39 is 29.2 Å². The molecule has 3 rings (SSSR count). The standard InChI is InChI=1S/C11H14N2O5S2/c1-5-2-13(10(17)12-8(5)16)9-6-7(15)11(3-14,18-9)4-19-20-6/h2,6-7,9,14-15H,3-4H2,1H3,(H,12,16,17)/t6-,7+,9-,11+/m1/s1. The third-order valence-electron chi connectivity index (χ3n) is 3.66.